The molecule has 0 bridgehead atoms. The number of hydrogen-bond acceptors (Lipinski definition) is 3. The number of carbonyl (C=O) groups is 1. The van der Waals surface area contributed by atoms with E-state index in [1.165, 1.54) is 23.2 Å². The van der Waals surface area contributed by atoms with E-state index in [1.54, 1.807) is 12.1 Å². The lowest BCUT2D eigenvalue weighted by atomic mass is 9.87. The maximum Gasteiger partial charge on any atom is 0.398 e. The number of carbonyl (C=O) groups excluding carboxylic acids is 1. The molecule has 8 heteroatoms. The van der Waals surface area contributed by atoms with Gasteiger partial charge in [-0.05, 0) is 36.8 Å². The number of benzene rings is 1. The van der Waals surface area contributed by atoms with E-state index < -0.39 is 23.7 Å². The Bertz CT molecular complexity index is 719. The summed E-state index contributed by atoms with van der Waals surface area (Å²) >= 11 is 0. The fourth-order valence-electron chi connectivity index (χ4n) is 3.50. The maximum atomic E-state index is 14.0. The van der Waals surface area contributed by atoms with Crippen molar-refractivity contribution in [3.63, 3.8) is 0 Å². The molecule has 0 radical (unpaired) electrons. The minimum atomic E-state index is -4.23. The van der Waals surface area contributed by atoms with Gasteiger partial charge in [0.2, 0.25) is 0 Å². The number of nitrogens with zero attached hydrogens (tertiary/aromatic N) is 1. The van der Waals surface area contributed by atoms with Crippen LogP contribution in [0.1, 0.15) is 42.7 Å². The highest BCUT2D eigenvalue weighted by Crippen LogP contribution is 2.58. The first-order chi connectivity index (χ1) is 12.7. The van der Waals surface area contributed by atoms with Gasteiger partial charge in [0.15, 0.2) is 6.17 Å². The van der Waals surface area contributed by atoms with Crippen LogP contribution in [0.15, 0.2) is 36.2 Å². The molecule has 0 spiro atoms. The Morgan fingerprint density at radius 1 is 1.26 bits per heavy atom. The summed E-state index contributed by atoms with van der Waals surface area (Å²) in [6.07, 6.45) is -4.23. The van der Waals surface area contributed by atoms with Crippen LogP contribution < -0.4 is 11.5 Å². The van der Waals surface area contributed by atoms with Gasteiger partial charge < -0.3 is 16.4 Å². The van der Waals surface area contributed by atoms with E-state index in [-0.39, 0.29) is 31.6 Å². The molecule has 2 fully saturated rings. The lowest BCUT2D eigenvalue weighted by Crippen LogP contribution is -2.51. The summed E-state index contributed by atoms with van der Waals surface area (Å²) in [5, 5.41) is 0. The quantitative estimate of drug-likeness (QED) is 0.740. The van der Waals surface area contributed by atoms with Gasteiger partial charge in [0.25, 0.3) is 5.91 Å². The second-order valence-corrected chi connectivity index (χ2v) is 7.39. The third-order valence-corrected chi connectivity index (χ3v) is 5.59. The zero-order valence-corrected chi connectivity index (χ0v) is 14.8. The van der Waals surface area contributed by atoms with Crippen molar-refractivity contribution in [2.45, 2.75) is 49.4 Å². The SMILES string of the molecule is N/C=C(\N)CCC(F)C(=O)N1CC(c2ccc(C3(C(F)(F)F)CC3)cc2)C1. The summed E-state index contributed by atoms with van der Waals surface area (Å²) in [6.45, 7) is 0.733. The molecule has 1 unspecified atom stereocenters. The van der Waals surface area contributed by atoms with Crippen LogP contribution in [0, 0.1) is 0 Å². The predicted octanol–water partition coefficient (Wildman–Crippen LogP) is 3.08. The molecule has 1 aromatic rings. The summed E-state index contributed by atoms with van der Waals surface area (Å²) < 4.78 is 53.5. The Hall–Kier alpha value is -2.25. The smallest absolute Gasteiger partial charge is 0.398 e. The lowest BCUT2D eigenvalue weighted by Gasteiger charge is -2.40. The summed E-state index contributed by atoms with van der Waals surface area (Å²) in [5.74, 6) is -0.563. The van der Waals surface area contributed by atoms with Crippen LogP contribution >= 0.6 is 0 Å². The second-order valence-electron chi connectivity index (χ2n) is 7.39. The van der Waals surface area contributed by atoms with E-state index in [1.807, 2.05) is 0 Å². The number of allylic oxidation sites excluding steroid dienone is 1. The maximum absolute atomic E-state index is 14.0. The Morgan fingerprint density at radius 2 is 1.85 bits per heavy atom. The van der Waals surface area contributed by atoms with Gasteiger partial charge in [0.1, 0.15) is 0 Å². The predicted molar refractivity (Wildman–Crippen MR) is 93.3 cm³/mol. The summed E-state index contributed by atoms with van der Waals surface area (Å²) in [7, 11) is 0. The monoisotopic (exact) mass is 385 g/mol. The van der Waals surface area contributed by atoms with E-state index in [2.05, 4.69) is 0 Å². The Kier molecular flexibility index (Phi) is 5.10. The number of rotatable bonds is 6. The molecule has 1 atom stereocenters. The third-order valence-electron chi connectivity index (χ3n) is 5.59. The van der Waals surface area contributed by atoms with Crippen molar-refractivity contribution in [3.05, 3.63) is 47.3 Å². The first kappa shape index (κ1) is 19.5. The van der Waals surface area contributed by atoms with Crippen LogP contribution in [-0.2, 0) is 10.2 Å². The molecule has 1 saturated heterocycles. The molecule has 1 aliphatic heterocycles. The van der Waals surface area contributed by atoms with E-state index in [9.17, 15) is 22.4 Å². The van der Waals surface area contributed by atoms with Crippen molar-refractivity contribution in [2.75, 3.05) is 13.1 Å². The summed E-state index contributed by atoms with van der Waals surface area (Å²) in [4.78, 5) is 13.5. The van der Waals surface area contributed by atoms with Crippen molar-refractivity contribution < 1.29 is 22.4 Å². The summed E-state index contributed by atoms with van der Waals surface area (Å²) in [5.41, 5.74) is 10.5. The molecule has 4 nitrogen and oxygen atoms in total. The van der Waals surface area contributed by atoms with Crippen molar-refractivity contribution >= 4 is 5.91 Å². The van der Waals surface area contributed by atoms with Gasteiger partial charge in [0, 0.05) is 30.9 Å². The number of amides is 1. The molecule has 148 valence electrons. The number of alkyl halides is 4. The first-order valence-electron chi connectivity index (χ1n) is 8.94. The largest absolute Gasteiger partial charge is 0.403 e. The van der Waals surface area contributed by atoms with Gasteiger partial charge in [-0.1, -0.05) is 24.3 Å². The molecule has 1 heterocycles. The average Bonchev–Trinajstić information content (AvgIpc) is 3.40. The van der Waals surface area contributed by atoms with Crippen LogP contribution in [0.3, 0.4) is 0 Å². The minimum Gasteiger partial charge on any atom is -0.403 e. The van der Waals surface area contributed by atoms with Gasteiger partial charge in [0.05, 0.1) is 5.41 Å². The Balaban J connectivity index is 1.53. The standard InChI is InChI=1S/C19H23F4N3O/c20-16(6-5-15(25)9-24)17(27)26-10-13(11-26)12-1-3-14(4-2-12)18(7-8-18)19(21,22)23/h1-4,9,13,16H,5-8,10-11,24-25H2/b15-9-. The van der Waals surface area contributed by atoms with E-state index >= 15 is 0 Å². The lowest BCUT2D eigenvalue weighted by molar-refractivity contribution is -0.160. The van der Waals surface area contributed by atoms with Crippen LogP contribution in [0.4, 0.5) is 17.6 Å². The molecule has 1 saturated carbocycles. The van der Waals surface area contributed by atoms with Gasteiger partial charge in [-0.3, -0.25) is 4.79 Å². The highest BCUT2D eigenvalue weighted by Gasteiger charge is 2.64. The highest BCUT2D eigenvalue weighted by atomic mass is 19.4. The Morgan fingerprint density at radius 3 is 2.33 bits per heavy atom. The molecule has 2 aliphatic rings. The van der Waals surface area contributed by atoms with Gasteiger partial charge in [-0.15, -0.1) is 0 Å². The van der Waals surface area contributed by atoms with Crippen LogP contribution in [0.2, 0.25) is 0 Å². The van der Waals surface area contributed by atoms with Gasteiger partial charge in [-0.25, -0.2) is 4.39 Å². The summed E-state index contributed by atoms with van der Waals surface area (Å²) in [6, 6.07) is 6.43. The number of nitrogens with two attached hydrogens (primary N) is 2. The molecule has 1 amide bonds. The second kappa shape index (κ2) is 7.05. The molecule has 0 aromatic heterocycles. The van der Waals surface area contributed by atoms with Crippen molar-refractivity contribution in [1.29, 1.82) is 0 Å². The molecule has 4 N–H and O–H groups in total. The topological polar surface area (TPSA) is 72.3 Å². The zero-order valence-electron chi connectivity index (χ0n) is 14.8. The van der Waals surface area contributed by atoms with E-state index in [0.717, 1.165) is 5.56 Å². The Labute approximate surface area is 155 Å². The third kappa shape index (κ3) is 3.75. The first-order valence-corrected chi connectivity index (χ1v) is 8.94. The van der Waals surface area contributed by atoms with E-state index in [0.29, 0.717) is 24.4 Å². The number of likely N-dealkylation sites (tertiary alicyclic amines) is 1. The molecular formula is C19H23F4N3O. The van der Waals surface area contributed by atoms with Crippen LogP contribution in [0.5, 0.6) is 0 Å². The van der Waals surface area contributed by atoms with Crippen molar-refractivity contribution in [3.8, 4) is 0 Å². The van der Waals surface area contributed by atoms with Crippen molar-refractivity contribution in [2.24, 2.45) is 11.5 Å². The molecular weight excluding hydrogens is 362 g/mol. The number of halogens is 4. The van der Waals surface area contributed by atoms with Crippen molar-refractivity contribution in [1.82, 2.24) is 4.90 Å². The van der Waals surface area contributed by atoms with Crippen LogP contribution in [-0.4, -0.2) is 36.2 Å². The molecule has 27 heavy (non-hydrogen) atoms. The average molecular weight is 385 g/mol. The van der Waals surface area contributed by atoms with Gasteiger partial charge in [-0.2, -0.15) is 13.2 Å². The molecule has 1 aromatic carbocycles. The minimum absolute atomic E-state index is 0.0187. The van der Waals surface area contributed by atoms with Gasteiger partial charge >= 0.3 is 6.18 Å². The van der Waals surface area contributed by atoms with Crippen LogP contribution in [0.25, 0.3) is 0 Å². The fourth-order valence-corrected chi connectivity index (χ4v) is 3.50. The van der Waals surface area contributed by atoms with E-state index in [4.69, 9.17) is 11.5 Å². The molecule has 3 rings (SSSR count). The molecule has 1 aliphatic carbocycles. The zero-order chi connectivity index (χ0) is 19.8. The fraction of sp³-hybridized carbons (Fsp3) is 0.526. The normalized spacial score (nSPS) is 20.9. The highest BCUT2D eigenvalue weighted by molar-refractivity contribution is 5.81. The number of hydrogen-bond donors (Lipinski definition) is 2.